The number of aliphatic hydroxyl groups is 1. The summed E-state index contributed by atoms with van der Waals surface area (Å²) in [6.45, 7) is 2.65. The van der Waals surface area contributed by atoms with E-state index >= 15 is 0 Å². The van der Waals surface area contributed by atoms with E-state index < -0.39 is 0 Å². The summed E-state index contributed by atoms with van der Waals surface area (Å²) in [5.74, 6) is 0.304. The molecule has 2 rings (SSSR count). The van der Waals surface area contributed by atoms with E-state index in [0.29, 0.717) is 13.0 Å². The first-order valence-corrected chi connectivity index (χ1v) is 7.24. The van der Waals surface area contributed by atoms with Crippen LogP contribution in [-0.4, -0.2) is 28.2 Å². The van der Waals surface area contributed by atoms with Gasteiger partial charge in [0.15, 0.2) is 0 Å². The molecule has 1 aromatic rings. The lowest BCUT2D eigenvalue weighted by molar-refractivity contribution is -0.122. The summed E-state index contributed by atoms with van der Waals surface area (Å²) < 4.78 is 2.04. The van der Waals surface area contributed by atoms with Crippen molar-refractivity contribution in [3.8, 4) is 0 Å². The summed E-state index contributed by atoms with van der Waals surface area (Å²) in [6.07, 6.45) is 8.36. The Morgan fingerprint density at radius 1 is 1.37 bits per heavy atom. The Morgan fingerprint density at radius 2 is 2.05 bits per heavy atom. The molecule has 0 spiro atoms. The maximum absolute atomic E-state index is 11.9. The highest BCUT2D eigenvalue weighted by atomic mass is 16.3. The van der Waals surface area contributed by atoms with E-state index in [-0.39, 0.29) is 24.0 Å². The van der Waals surface area contributed by atoms with Gasteiger partial charge in [-0.1, -0.05) is 12.8 Å². The van der Waals surface area contributed by atoms with Gasteiger partial charge in [-0.2, -0.15) is 0 Å². The van der Waals surface area contributed by atoms with Crippen molar-refractivity contribution in [2.45, 2.75) is 51.2 Å². The van der Waals surface area contributed by atoms with Crippen LogP contribution in [-0.2, 0) is 4.79 Å². The van der Waals surface area contributed by atoms with Crippen LogP contribution in [0.3, 0.4) is 0 Å². The van der Waals surface area contributed by atoms with Crippen molar-refractivity contribution >= 4 is 5.91 Å². The maximum Gasteiger partial charge on any atom is 0.222 e. The van der Waals surface area contributed by atoms with Crippen LogP contribution in [0.15, 0.2) is 24.5 Å². The fourth-order valence-corrected chi connectivity index (χ4v) is 2.76. The third kappa shape index (κ3) is 4.10. The topological polar surface area (TPSA) is 54.3 Å². The van der Waals surface area contributed by atoms with Gasteiger partial charge in [-0.05, 0) is 31.9 Å². The molecule has 3 unspecified atom stereocenters. The van der Waals surface area contributed by atoms with Crippen LogP contribution < -0.4 is 5.32 Å². The van der Waals surface area contributed by atoms with E-state index in [1.807, 2.05) is 36.0 Å². The Balaban J connectivity index is 1.72. The van der Waals surface area contributed by atoms with Crippen molar-refractivity contribution < 1.29 is 9.90 Å². The summed E-state index contributed by atoms with van der Waals surface area (Å²) in [4.78, 5) is 11.9. The van der Waals surface area contributed by atoms with Crippen molar-refractivity contribution in [2.75, 3.05) is 6.54 Å². The summed E-state index contributed by atoms with van der Waals surface area (Å²) in [7, 11) is 0. The largest absolute Gasteiger partial charge is 0.393 e. The fraction of sp³-hybridized carbons (Fsp3) is 0.667. The standard InChI is InChI=1S/C15H24N2O2/c1-12(17-8-4-5-9-17)10-15(19)16-11-13-6-2-3-7-14(13)18/h4-5,8-9,12-14,18H,2-3,6-7,10-11H2,1H3,(H,16,19). The quantitative estimate of drug-likeness (QED) is 0.855. The molecule has 3 atom stereocenters. The predicted molar refractivity (Wildman–Crippen MR) is 74.7 cm³/mol. The number of aliphatic hydroxyl groups excluding tert-OH is 1. The van der Waals surface area contributed by atoms with Crippen molar-refractivity contribution in [3.05, 3.63) is 24.5 Å². The Bertz CT molecular complexity index is 389. The van der Waals surface area contributed by atoms with E-state index in [1.165, 1.54) is 0 Å². The normalized spacial score (nSPS) is 24.9. The monoisotopic (exact) mass is 264 g/mol. The SMILES string of the molecule is CC(CC(=O)NCC1CCCCC1O)n1cccc1. The Hall–Kier alpha value is -1.29. The van der Waals surface area contributed by atoms with Gasteiger partial charge in [0.05, 0.1) is 6.10 Å². The lowest BCUT2D eigenvalue weighted by atomic mass is 9.86. The number of hydrogen-bond donors (Lipinski definition) is 2. The molecule has 1 amide bonds. The van der Waals surface area contributed by atoms with E-state index in [2.05, 4.69) is 5.32 Å². The van der Waals surface area contributed by atoms with Crippen molar-refractivity contribution in [1.29, 1.82) is 0 Å². The lowest BCUT2D eigenvalue weighted by Crippen LogP contribution is -2.37. The first-order chi connectivity index (χ1) is 9.16. The molecular weight excluding hydrogens is 240 g/mol. The minimum Gasteiger partial charge on any atom is -0.393 e. The molecule has 106 valence electrons. The highest BCUT2D eigenvalue weighted by Crippen LogP contribution is 2.23. The summed E-state index contributed by atoms with van der Waals surface area (Å²) in [5, 5.41) is 12.8. The first-order valence-electron chi connectivity index (χ1n) is 7.24. The number of hydrogen-bond acceptors (Lipinski definition) is 2. The smallest absolute Gasteiger partial charge is 0.222 e. The minimum atomic E-state index is -0.240. The van der Waals surface area contributed by atoms with E-state index in [1.54, 1.807) is 0 Å². The third-order valence-electron chi connectivity index (χ3n) is 4.05. The van der Waals surface area contributed by atoms with Gasteiger partial charge in [0.2, 0.25) is 5.91 Å². The highest BCUT2D eigenvalue weighted by Gasteiger charge is 2.23. The summed E-state index contributed by atoms with van der Waals surface area (Å²) in [6, 6.07) is 4.10. The molecule has 0 aromatic carbocycles. The molecule has 1 saturated carbocycles. The summed E-state index contributed by atoms with van der Waals surface area (Å²) in [5.41, 5.74) is 0. The number of nitrogens with one attached hydrogen (secondary N) is 1. The van der Waals surface area contributed by atoms with Gasteiger partial charge in [-0.25, -0.2) is 0 Å². The number of nitrogens with zero attached hydrogens (tertiary/aromatic N) is 1. The van der Waals surface area contributed by atoms with E-state index in [9.17, 15) is 9.90 Å². The van der Waals surface area contributed by atoms with Gasteiger partial charge in [0.1, 0.15) is 0 Å². The van der Waals surface area contributed by atoms with Gasteiger partial charge in [0, 0.05) is 37.3 Å². The third-order valence-corrected chi connectivity index (χ3v) is 4.05. The zero-order valence-corrected chi connectivity index (χ0v) is 11.6. The molecule has 0 saturated heterocycles. The van der Waals surface area contributed by atoms with Gasteiger partial charge in [0.25, 0.3) is 0 Å². The molecule has 1 fully saturated rings. The second-order valence-electron chi connectivity index (χ2n) is 5.60. The van der Waals surface area contributed by atoms with Crippen LogP contribution in [0.25, 0.3) is 0 Å². The molecule has 1 aliphatic carbocycles. The Labute approximate surface area is 114 Å². The molecule has 19 heavy (non-hydrogen) atoms. The van der Waals surface area contributed by atoms with Gasteiger partial charge < -0.3 is 15.0 Å². The first kappa shape index (κ1) is 14.1. The molecule has 0 bridgehead atoms. The van der Waals surface area contributed by atoms with Crippen LogP contribution >= 0.6 is 0 Å². The van der Waals surface area contributed by atoms with E-state index in [0.717, 1.165) is 25.7 Å². The van der Waals surface area contributed by atoms with Gasteiger partial charge in [-0.3, -0.25) is 4.79 Å². The van der Waals surface area contributed by atoms with Crippen molar-refractivity contribution in [1.82, 2.24) is 9.88 Å². The van der Waals surface area contributed by atoms with Crippen LogP contribution in [0, 0.1) is 5.92 Å². The van der Waals surface area contributed by atoms with Crippen LogP contribution in [0.4, 0.5) is 0 Å². The minimum absolute atomic E-state index is 0.0685. The second kappa shape index (κ2) is 6.75. The zero-order valence-electron chi connectivity index (χ0n) is 11.6. The van der Waals surface area contributed by atoms with Gasteiger partial charge in [-0.15, -0.1) is 0 Å². The number of aromatic nitrogens is 1. The number of rotatable bonds is 5. The van der Waals surface area contributed by atoms with Crippen LogP contribution in [0.2, 0.25) is 0 Å². The fourth-order valence-electron chi connectivity index (χ4n) is 2.76. The molecule has 0 aliphatic heterocycles. The highest BCUT2D eigenvalue weighted by molar-refractivity contribution is 5.76. The second-order valence-corrected chi connectivity index (χ2v) is 5.60. The molecule has 4 nitrogen and oxygen atoms in total. The number of amides is 1. The number of carbonyl (C=O) groups is 1. The van der Waals surface area contributed by atoms with Gasteiger partial charge >= 0.3 is 0 Å². The molecule has 0 radical (unpaired) electrons. The van der Waals surface area contributed by atoms with Crippen molar-refractivity contribution in [2.24, 2.45) is 5.92 Å². The molecule has 1 aliphatic rings. The zero-order chi connectivity index (χ0) is 13.7. The predicted octanol–water partition coefficient (Wildman–Crippen LogP) is 2.11. The molecule has 4 heteroatoms. The lowest BCUT2D eigenvalue weighted by Gasteiger charge is -2.27. The molecule has 2 N–H and O–H groups in total. The Kier molecular flexibility index (Phi) is 5.02. The van der Waals surface area contributed by atoms with Crippen molar-refractivity contribution in [3.63, 3.8) is 0 Å². The summed E-state index contributed by atoms with van der Waals surface area (Å²) >= 11 is 0. The molecule has 1 heterocycles. The van der Waals surface area contributed by atoms with E-state index in [4.69, 9.17) is 0 Å². The number of carbonyl (C=O) groups excluding carboxylic acids is 1. The molecule has 1 aromatic heterocycles. The maximum atomic E-state index is 11.9. The molecular formula is C15H24N2O2. The van der Waals surface area contributed by atoms with Crippen LogP contribution in [0.1, 0.15) is 45.1 Å². The average Bonchev–Trinajstić information content (AvgIpc) is 2.91. The average molecular weight is 264 g/mol. The Morgan fingerprint density at radius 3 is 2.74 bits per heavy atom. The van der Waals surface area contributed by atoms with Crippen LogP contribution in [0.5, 0.6) is 0 Å².